The molecule has 0 aliphatic carbocycles. The predicted molar refractivity (Wildman–Crippen MR) is 77.4 cm³/mol. The Morgan fingerprint density at radius 1 is 1.40 bits per heavy atom. The molecule has 0 radical (unpaired) electrons. The summed E-state index contributed by atoms with van der Waals surface area (Å²) >= 11 is 3.30. The smallest absolute Gasteiger partial charge is 0.335 e. The molecule has 1 heterocycles. The molecule has 0 aliphatic rings. The van der Waals surface area contributed by atoms with Gasteiger partial charge >= 0.3 is 5.97 Å². The number of carbonyl (C=O) groups is 1. The number of halogens is 1. The molecule has 0 atom stereocenters. The van der Waals surface area contributed by atoms with Gasteiger partial charge in [-0.2, -0.15) is 5.26 Å². The van der Waals surface area contributed by atoms with E-state index in [0.29, 0.717) is 23.5 Å². The number of carboxylic acids is 1. The zero-order valence-corrected chi connectivity index (χ0v) is 11.9. The lowest BCUT2D eigenvalue weighted by Crippen LogP contribution is -2.05. The molecule has 2 N–H and O–H groups in total. The van der Waals surface area contributed by atoms with Crippen molar-refractivity contribution in [3.8, 4) is 6.07 Å². The fourth-order valence-electron chi connectivity index (χ4n) is 1.66. The highest BCUT2D eigenvalue weighted by Gasteiger charge is 2.06. The summed E-state index contributed by atoms with van der Waals surface area (Å²) in [6.45, 7) is 0.345. The maximum absolute atomic E-state index is 10.9. The van der Waals surface area contributed by atoms with Gasteiger partial charge in [0.05, 0.1) is 29.1 Å². The number of benzene rings is 1. The van der Waals surface area contributed by atoms with Crippen molar-refractivity contribution in [3.05, 3.63) is 57.8 Å². The van der Waals surface area contributed by atoms with Gasteiger partial charge in [-0.15, -0.1) is 0 Å². The molecule has 5 nitrogen and oxygen atoms in total. The lowest BCUT2D eigenvalue weighted by atomic mass is 10.2. The van der Waals surface area contributed by atoms with Crippen LogP contribution in [-0.4, -0.2) is 16.1 Å². The first-order valence-electron chi connectivity index (χ1n) is 5.72. The molecule has 0 aliphatic heterocycles. The Morgan fingerprint density at radius 3 is 2.90 bits per heavy atom. The average Bonchev–Trinajstić information content (AvgIpc) is 2.46. The highest BCUT2D eigenvalue weighted by Crippen LogP contribution is 2.20. The van der Waals surface area contributed by atoms with E-state index < -0.39 is 5.97 Å². The van der Waals surface area contributed by atoms with Gasteiger partial charge in [-0.25, -0.2) is 4.79 Å². The normalized spacial score (nSPS) is 9.80. The monoisotopic (exact) mass is 331 g/mol. The Labute approximate surface area is 124 Å². The summed E-state index contributed by atoms with van der Waals surface area (Å²) in [5.41, 5.74) is 1.97. The number of pyridine rings is 1. The van der Waals surface area contributed by atoms with Crippen LogP contribution in [0.1, 0.15) is 21.6 Å². The lowest BCUT2D eigenvalue weighted by molar-refractivity contribution is 0.0696. The predicted octanol–water partition coefficient (Wildman–Crippen LogP) is 3.03. The van der Waals surface area contributed by atoms with E-state index in [9.17, 15) is 4.79 Å². The maximum Gasteiger partial charge on any atom is 0.335 e. The van der Waals surface area contributed by atoms with Crippen molar-refractivity contribution in [1.82, 2.24) is 4.98 Å². The molecule has 0 saturated carbocycles. The van der Waals surface area contributed by atoms with Gasteiger partial charge < -0.3 is 10.4 Å². The van der Waals surface area contributed by atoms with Gasteiger partial charge in [-0.3, -0.25) is 4.98 Å². The molecule has 0 amide bonds. The van der Waals surface area contributed by atoms with Gasteiger partial charge in [0.25, 0.3) is 0 Å². The second-order valence-corrected chi connectivity index (χ2v) is 4.91. The molecule has 20 heavy (non-hydrogen) atoms. The minimum atomic E-state index is -0.991. The molecule has 2 aromatic rings. The third-order valence-electron chi connectivity index (χ3n) is 2.63. The number of nitrogens with one attached hydrogen (secondary N) is 1. The van der Waals surface area contributed by atoms with Crippen LogP contribution in [0.25, 0.3) is 0 Å². The first kappa shape index (κ1) is 14.0. The summed E-state index contributed by atoms with van der Waals surface area (Å²) in [6, 6.07) is 10.3. The van der Waals surface area contributed by atoms with Crippen LogP contribution in [0.3, 0.4) is 0 Å². The number of carboxylic acid groups (broad SMARTS) is 1. The molecule has 0 unspecified atom stereocenters. The van der Waals surface area contributed by atoms with Crippen molar-refractivity contribution in [2.45, 2.75) is 6.54 Å². The molecule has 100 valence electrons. The summed E-state index contributed by atoms with van der Waals surface area (Å²) in [6.07, 6.45) is 1.45. The van der Waals surface area contributed by atoms with Crippen LogP contribution in [0, 0.1) is 11.3 Å². The molecule has 1 aromatic carbocycles. The molecule has 0 fully saturated rings. The maximum atomic E-state index is 10.9. The van der Waals surface area contributed by atoms with Crippen molar-refractivity contribution in [2.75, 3.05) is 5.32 Å². The number of anilines is 1. The molecule has 1 aromatic heterocycles. The van der Waals surface area contributed by atoms with Gasteiger partial charge in [0.1, 0.15) is 6.07 Å². The van der Waals surface area contributed by atoms with E-state index in [4.69, 9.17) is 10.4 Å². The van der Waals surface area contributed by atoms with Gasteiger partial charge in [0.2, 0.25) is 0 Å². The molecule has 0 spiro atoms. The van der Waals surface area contributed by atoms with E-state index >= 15 is 0 Å². The van der Waals surface area contributed by atoms with Gasteiger partial charge in [0, 0.05) is 10.7 Å². The molecule has 2 rings (SSSR count). The van der Waals surface area contributed by atoms with E-state index in [-0.39, 0.29) is 5.56 Å². The molecule has 0 saturated heterocycles. The third kappa shape index (κ3) is 3.33. The summed E-state index contributed by atoms with van der Waals surface area (Å²) in [4.78, 5) is 15.0. The summed E-state index contributed by atoms with van der Waals surface area (Å²) in [5, 5.41) is 21.0. The second-order valence-electron chi connectivity index (χ2n) is 4.00. The van der Waals surface area contributed by atoms with E-state index in [1.54, 1.807) is 12.1 Å². The Bertz CT molecular complexity index is 695. The zero-order valence-electron chi connectivity index (χ0n) is 10.3. The van der Waals surface area contributed by atoms with Crippen LogP contribution in [0.5, 0.6) is 0 Å². The lowest BCUT2D eigenvalue weighted by Gasteiger charge is -2.08. The Kier molecular flexibility index (Phi) is 4.33. The standard InChI is InChI=1S/C14H10BrN3O2/c15-11-1-2-13(10(5-11)7-16)18-8-12-6-9(14(19)20)3-4-17-12/h1-6,18H,8H2,(H,19,20). The van der Waals surface area contributed by atoms with Crippen molar-refractivity contribution >= 4 is 27.6 Å². The van der Waals surface area contributed by atoms with Crippen molar-refractivity contribution in [3.63, 3.8) is 0 Å². The fourth-order valence-corrected chi connectivity index (χ4v) is 2.02. The molecular weight excluding hydrogens is 322 g/mol. The minimum absolute atomic E-state index is 0.188. The van der Waals surface area contributed by atoms with Crippen LogP contribution in [0.2, 0.25) is 0 Å². The van der Waals surface area contributed by atoms with Crippen molar-refractivity contribution in [2.24, 2.45) is 0 Å². The third-order valence-corrected chi connectivity index (χ3v) is 3.12. The fraction of sp³-hybridized carbons (Fsp3) is 0.0714. The van der Waals surface area contributed by atoms with E-state index in [2.05, 4.69) is 32.3 Å². The van der Waals surface area contributed by atoms with Gasteiger partial charge in [-0.05, 0) is 30.3 Å². The number of aromatic nitrogens is 1. The number of aromatic carboxylic acids is 1. The minimum Gasteiger partial charge on any atom is -0.478 e. The highest BCUT2D eigenvalue weighted by atomic mass is 79.9. The summed E-state index contributed by atoms with van der Waals surface area (Å²) in [7, 11) is 0. The first-order valence-corrected chi connectivity index (χ1v) is 6.51. The van der Waals surface area contributed by atoms with E-state index in [0.717, 1.165) is 4.47 Å². The Balaban J connectivity index is 2.15. The number of hydrogen-bond donors (Lipinski definition) is 2. The van der Waals surface area contributed by atoms with Crippen LogP contribution in [-0.2, 0) is 6.54 Å². The van der Waals surface area contributed by atoms with Crippen LogP contribution < -0.4 is 5.32 Å². The van der Waals surface area contributed by atoms with Crippen molar-refractivity contribution < 1.29 is 9.90 Å². The zero-order chi connectivity index (χ0) is 14.5. The Hall–Kier alpha value is -2.39. The van der Waals surface area contributed by atoms with Crippen molar-refractivity contribution in [1.29, 1.82) is 5.26 Å². The summed E-state index contributed by atoms with van der Waals surface area (Å²) in [5.74, 6) is -0.991. The second kappa shape index (κ2) is 6.17. The number of nitriles is 1. The van der Waals surface area contributed by atoms with Crippen LogP contribution in [0.15, 0.2) is 41.0 Å². The van der Waals surface area contributed by atoms with Crippen LogP contribution >= 0.6 is 15.9 Å². The average molecular weight is 332 g/mol. The number of nitrogens with zero attached hydrogens (tertiary/aromatic N) is 2. The number of hydrogen-bond acceptors (Lipinski definition) is 4. The first-order chi connectivity index (χ1) is 9.60. The Morgan fingerprint density at radius 2 is 2.20 bits per heavy atom. The molecule has 0 bridgehead atoms. The van der Waals surface area contributed by atoms with E-state index in [1.165, 1.54) is 18.3 Å². The van der Waals surface area contributed by atoms with Gasteiger partial charge in [0.15, 0.2) is 0 Å². The largest absolute Gasteiger partial charge is 0.478 e. The SMILES string of the molecule is N#Cc1cc(Br)ccc1NCc1cc(C(=O)O)ccn1. The summed E-state index contributed by atoms with van der Waals surface area (Å²) < 4.78 is 0.825. The van der Waals surface area contributed by atoms with Crippen LogP contribution in [0.4, 0.5) is 5.69 Å². The van der Waals surface area contributed by atoms with E-state index in [1.807, 2.05) is 6.07 Å². The highest BCUT2D eigenvalue weighted by molar-refractivity contribution is 9.10. The molecule has 6 heteroatoms. The quantitative estimate of drug-likeness (QED) is 0.899. The molecular formula is C14H10BrN3O2. The van der Waals surface area contributed by atoms with Gasteiger partial charge in [-0.1, -0.05) is 15.9 Å². The number of rotatable bonds is 4. The topological polar surface area (TPSA) is 86.0 Å².